The van der Waals surface area contributed by atoms with E-state index < -0.39 is 6.04 Å². The number of rotatable bonds is 7. The Morgan fingerprint density at radius 1 is 0.790 bits per heavy atom. The lowest BCUT2D eigenvalue weighted by atomic mass is 9.87. The minimum atomic E-state index is -0.566. The normalized spacial score (nSPS) is 20.2. The van der Waals surface area contributed by atoms with Gasteiger partial charge < -0.3 is 30.1 Å². The summed E-state index contributed by atoms with van der Waals surface area (Å²) < 4.78 is 5.79. The molecule has 62 heavy (non-hydrogen) atoms. The van der Waals surface area contributed by atoms with Crippen LogP contribution in [0.4, 0.5) is 10.6 Å². The van der Waals surface area contributed by atoms with E-state index in [0.717, 1.165) is 118 Å². The standard InChI is InChI=1S/C30H41N5O4.C17H13N5O/c36-27-7-6-26(28(37)31-27)35-20-24-18-23(4-5-25(24)29(35)38)22-10-14-32(15-11-22)19-21-8-16-34(17-9-21)30(39)33-12-2-1-3-13-33;18-16-14-15(21-22-17(14)20-10-19-16)11-6-8-13(9-7-11)23-12-4-2-1-3-5-12/h4-5,18,21-22,26H,1-3,6-17,19-20H2,(H,31,36,37);1-10H,(H3,18,19,20,21,22). The fourth-order valence-corrected chi connectivity index (χ4v) is 9.66. The third kappa shape index (κ3) is 8.99. The van der Waals surface area contributed by atoms with Crippen LogP contribution in [0, 0.1) is 5.92 Å². The van der Waals surface area contributed by atoms with Crippen LogP contribution in [-0.4, -0.2) is 115 Å². The van der Waals surface area contributed by atoms with Crippen molar-refractivity contribution in [2.24, 2.45) is 5.92 Å². The minimum absolute atomic E-state index is 0.107. The van der Waals surface area contributed by atoms with Gasteiger partial charge in [0.2, 0.25) is 11.8 Å². The average molecular weight is 839 g/mol. The molecule has 5 aliphatic heterocycles. The first-order valence-corrected chi connectivity index (χ1v) is 22.1. The van der Waals surface area contributed by atoms with Crippen LogP contribution < -0.4 is 15.8 Å². The molecule has 0 radical (unpaired) electrons. The molecule has 3 aromatic carbocycles. The second kappa shape index (κ2) is 18.3. The van der Waals surface area contributed by atoms with Crippen molar-refractivity contribution >= 4 is 40.6 Å². The van der Waals surface area contributed by atoms with Gasteiger partial charge in [-0.15, -0.1) is 0 Å². The molecule has 0 aliphatic carbocycles. The molecule has 2 aromatic heterocycles. The van der Waals surface area contributed by atoms with Crippen LogP contribution >= 0.6 is 0 Å². The van der Waals surface area contributed by atoms with Gasteiger partial charge in [-0.1, -0.05) is 30.3 Å². The lowest BCUT2D eigenvalue weighted by Crippen LogP contribution is -2.52. The fraction of sp³-hybridized carbons (Fsp3) is 0.426. The third-order valence-corrected chi connectivity index (χ3v) is 13.1. The van der Waals surface area contributed by atoms with E-state index >= 15 is 0 Å². The molecule has 0 saturated carbocycles. The van der Waals surface area contributed by atoms with Crippen LogP contribution in [0.3, 0.4) is 0 Å². The number of hydrogen-bond donors (Lipinski definition) is 3. The number of nitrogen functional groups attached to an aromatic ring is 1. The lowest BCUT2D eigenvalue weighted by molar-refractivity contribution is -0.136. The zero-order valence-corrected chi connectivity index (χ0v) is 35.0. The van der Waals surface area contributed by atoms with E-state index in [-0.39, 0.29) is 30.2 Å². The van der Waals surface area contributed by atoms with E-state index in [2.05, 4.69) is 52.3 Å². The second-order valence-corrected chi connectivity index (χ2v) is 17.1. The molecular weight excluding hydrogens is 785 g/mol. The van der Waals surface area contributed by atoms with Gasteiger partial charge in [0.25, 0.3) is 5.91 Å². The number of aromatic nitrogens is 4. The maximum absolute atomic E-state index is 13.0. The minimum Gasteiger partial charge on any atom is -0.457 e. The van der Waals surface area contributed by atoms with Crippen molar-refractivity contribution in [2.75, 3.05) is 51.5 Å². The van der Waals surface area contributed by atoms with Gasteiger partial charge in [0.1, 0.15) is 29.7 Å². The van der Waals surface area contributed by atoms with Gasteiger partial charge in [-0.25, -0.2) is 14.8 Å². The summed E-state index contributed by atoms with van der Waals surface area (Å²) in [6.07, 6.45) is 10.0. The summed E-state index contributed by atoms with van der Waals surface area (Å²) in [4.78, 5) is 66.2. The highest BCUT2D eigenvalue weighted by atomic mass is 16.5. The number of amides is 5. The number of ether oxygens (including phenoxy) is 1. The van der Waals surface area contributed by atoms with Gasteiger partial charge >= 0.3 is 6.03 Å². The van der Waals surface area contributed by atoms with E-state index in [4.69, 9.17) is 10.5 Å². The summed E-state index contributed by atoms with van der Waals surface area (Å²) in [6, 6.07) is 23.2. The smallest absolute Gasteiger partial charge is 0.319 e. The number of nitrogens with zero attached hydrogens (tertiary/aromatic N) is 7. The first kappa shape index (κ1) is 41.0. The number of H-pyrrole nitrogens is 1. The number of hydrogen-bond acceptors (Lipinski definition) is 10. The van der Waals surface area contributed by atoms with Crippen LogP contribution in [0.2, 0.25) is 0 Å². The van der Waals surface area contributed by atoms with E-state index in [1.54, 1.807) is 4.90 Å². The number of para-hydroxylation sites is 1. The van der Waals surface area contributed by atoms with E-state index in [1.165, 1.54) is 18.3 Å². The number of carbonyl (C=O) groups excluding carboxylic acids is 4. The highest BCUT2D eigenvalue weighted by molar-refractivity contribution is 6.05. The Balaban J connectivity index is 0.000000181. The zero-order valence-electron chi connectivity index (χ0n) is 35.0. The number of nitrogens with two attached hydrogens (primary N) is 1. The van der Waals surface area contributed by atoms with Crippen molar-refractivity contribution in [3.63, 3.8) is 0 Å². The monoisotopic (exact) mass is 838 g/mol. The van der Waals surface area contributed by atoms with Gasteiger partial charge in [0.05, 0.1) is 11.1 Å². The summed E-state index contributed by atoms with van der Waals surface area (Å²) in [6.45, 7) is 7.34. The first-order chi connectivity index (χ1) is 30.3. The Bertz CT molecular complexity index is 2400. The molecule has 1 unspecified atom stereocenters. The molecule has 4 N–H and O–H groups in total. The number of urea groups is 1. The molecule has 10 rings (SSSR count). The number of aromatic amines is 1. The Morgan fingerprint density at radius 3 is 2.26 bits per heavy atom. The van der Waals surface area contributed by atoms with Crippen molar-refractivity contribution in [1.29, 1.82) is 0 Å². The highest BCUT2D eigenvalue weighted by Gasteiger charge is 2.39. The topological polar surface area (TPSA) is 183 Å². The fourth-order valence-electron chi connectivity index (χ4n) is 9.66. The van der Waals surface area contributed by atoms with Gasteiger partial charge in [-0.3, -0.25) is 24.8 Å². The molecular formula is C47H54N10O5. The van der Waals surface area contributed by atoms with Crippen LogP contribution in [0.25, 0.3) is 22.3 Å². The lowest BCUT2D eigenvalue weighted by Gasteiger charge is -2.39. The maximum atomic E-state index is 13.0. The number of nitrogens with one attached hydrogen (secondary N) is 2. The number of piperidine rings is 4. The quantitative estimate of drug-likeness (QED) is 0.157. The molecule has 4 fully saturated rings. The number of likely N-dealkylation sites (tertiary alicyclic amines) is 3. The van der Waals surface area contributed by atoms with Gasteiger partial charge in [0, 0.05) is 56.8 Å². The molecule has 5 amide bonds. The van der Waals surface area contributed by atoms with Gasteiger partial charge in [-0.05, 0) is 130 Å². The van der Waals surface area contributed by atoms with Crippen LogP contribution in [0.5, 0.6) is 11.5 Å². The molecule has 7 heterocycles. The van der Waals surface area contributed by atoms with Crippen molar-refractivity contribution in [3.8, 4) is 22.8 Å². The summed E-state index contributed by atoms with van der Waals surface area (Å²) in [7, 11) is 0. The Kier molecular flexibility index (Phi) is 12.1. The molecule has 5 aliphatic rings. The van der Waals surface area contributed by atoms with Crippen molar-refractivity contribution in [2.45, 2.75) is 76.3 Å². The van der Waals surface area contributed by atoms with Crippen LogP contribution in [-0.2, 0) is 16.1 Å². The summed E-state index contributed by atoms with van der Waals surface area (Å²) in [5.74, 6) is 2.37. The molecule has 4 saturated heterocycles. The molecule has 5 aromatic rings. The second-order valence-electron chi connectivity index (χ2n) is 17.1. The Labute approximate surface area is 361 Å². The van der Waals surface area contributed by atoms with E-state index in [0.29, 0.717) is 41.8 Å². The SMILES string of the molecule is Nc1ncnc2n[nH]c(-c3ccc(Oc4ccccc4)cc3)c12.O=C1CCC(N2Cc3cc(C4CCN(CC5CCN(C(=O)N6CCCCC6)CC5)CC4)ccc3C2=O)C(=O)N1. The van der Waals surface area contributed by atoms with Crippen LogP contribution in [0.15, 0.2) is 79.1 Å². The molecule has 322 valence electrons. The van der Waals surface area contributed by atoms with Crippen molar-refractivity contribution < 1.29 is 23.9 Å². The first-order valence-electron chi connectivity index (χ1n) is 22.1. The number of carbonyl (C=O) groups is 4. The summed E-state index contributed by atoms with van der Waals surface area (Å²) in [5, 5.41) is 10.2. The summed E-state index contributed by atoms with van der Waals surface area (Å²) >= 11 is 0. The maximum Gasteiger partial charge on any atom is 0.319 e. The largest absolute Gasteiger partial charge is 0.457 e. The predicted octanol–water partition coefficient (Wildman–Crippen LogP) is 6.34. The molecule has 0 bridgehead atoms. The average Bonchev–Trinajstić information content (AvgIpc) is 3.89. The van der Waals surface area contributed by atoms with Gasteiger partial charge in [-0.2, -0.15) is 5.10 Å². The van der Waals surface area contributed by atoms with Crippen LogP contribution in [0.1, 0.15) is 85.2 Å². The van der Waals surface area contributed by atoms with E-state index in [1.807, 2.05) is 60.7 Å². The van der Waals surface area contributed by atoms with Crippen molar-refractivity contribution in [3.05, 3.63) is 95.8 Å². The Morgan fingerprint density at radius 2 is 1.52 bits per heavy atom. The van der Waals surface area contributed by atoms with Gasteiger partial charge in [0.15, 0.2) is 5.65 Å². The number of benzene rings is 3. The zero-order chi connectivity index (χ0) is 42.6. The molecule has 15 nitrogen and oxygen atoms in total. The van der Waals surface area contributed by atoms with Crippen molar-refractivity contribution in [1.82, 2.24) is 45.1 Å². The molecule has 1 atom stereocenters. The third-order valence-electron chi connectivity index (χ3n) is 13.1. The predicted molar refractivity (Wildman–Crippen MR) is 234 cm³/mol. The Hall–Kier alpha value is -6.35. The number of fused-ring (bicyclic) bond motifs is 2. The number of imide groups is 1. The molecule has 0 spiro atoms. The highest BCUT2D eigenvalue weighted by Crippen LogP contribution is 2.35. The van der Waals surface area contributed by atoms with E-state index in [9.17, 15) is 19.2 Å². The molecule has 15 heteroatoms. The number of anilines is 1. The summed E-state index contributed by atoms with van der Waals surface area (Å²) in [5.41, 5.74) is 11.2.